The molecule has 1 heteroatoms. The second kappa shape index (κ2) is 14.4. The van der Waals surface area contributed by atoms with E-state index in [0.29, 0.717) is 0 Å². The molecule has 0 spiro atoms. The van der Waals surface area contributed by atoms with Gasteiger partial charge in [0.05, 0.1) is 5.41 Å². The standard InChI is InChI=1S/C62H45N/c1-61(2)55-25-13-27-57-59(55)60-56(61)26-14-28-58(60)62(57,48-20-7-4-8-21-48)49-22-11-19-47(41-49)44-31-37-51(38-32-44)63(50-35-29-43(30-36-50)42-15-5-3-6-16-42)52-39-33-46(34-40-52)54-24-12-18-45-17-9-10-23-53(45)54/h3-41H,1-2H3. The Morgan fingerprint density at radius 1 is 0.317 bits per heavy atom. The molecule has 12 rings (SSSR count). The van der Waals surface area contributed by atoms with Gasteiger partial charge in [-0.2, -0.15) is 0 Å². The van der Waals surface area contributed by atoms with E-state index in [-0.39, 0.29) is 5.41 Å². The van der Waals surface area contributed by atoms with Gasteiger partial charge in [0.2, 0.25) is 0 Å². The fourth-order valence-corrected chi connectivity index (χ4v) is 11.0. The Morgan fingerprint density at radius 3 is 1.37 bits per heavy atom. The number of hydrogen-bond donors (Lipinski definition) is 0. The topological polar surface area (TPSA) is 3.24 Å². The minimum atomic E-state index is -0.439. The van der Waals surface area contributed by atoms with E-state index in [1.165, 1.54) is 88.7 Å². The van der Waals surface area contributed by atoms with E-state index in [2.05, 4.69) is 255 Å². The number of benzene rings is 10. The molecule has 2 aliphatic rings. The predicted octanol–water partition coefficient (Wildman–Crippen LogP) is 16.3. The van der Waals surface area contributed by atoms with Crippen molar-refractivity contribution in [2.45, 2.75) is 24.7 Å². The quantitative estimate of drug-likeness (QED) is 0.148. The van der Waals surface area contributed by atoms with Crippen LogP contribution in [-0.4, -0.2) is 0 Å². The smallest absolute Gasteiger partial charge is 0.0713 e. The van der Waals surface area contributed by atoms with Crippen molar-refractivity contribution in [3.05, 3.63) is 270 Å². The molecule has 63 heavy (non-hydrogen) atoms. The van der Waals surface area contributed by atoms with Crippen LogP contribution in [0.3, 0.4) is 0 Å². The SMILES string of the molecule is CC1(C)c2cccc3c2-c2c1cccc2C3(c1ccccc1)c1cccc(-c2ccc(N(c3ccc(-c4ccccc4)cc3)c3ccc(-c4cccc5ccccc45)cc3)cc2)c1. The van der Waals surface area contributed by atoms with E-state index < -0.39 is 5.41 Å². The van der Waals surface area contributed by atoms with E-state index in [9.17, 15) is 0 Å². The van der Waals surface area contributed by atoms with Gasteiger partial charge in [-0.1, -0.05) is 208 Å². The molecule has 1 nitrogen and oxygen atoms in total. The van der Waals surface area contributed by atoms with Crippen molar-refractivity contribution >= 4 is 27.8 Å². The third-order valence-corrected chi connectivity index (χ3v) is 14.0. The van der Waals surface area contributed by atoms with Crippen LogP contribution in [0.15, 0.2) is 237 Å². The molecule has 0 amide bonds. The Balaban J connectivity index is 0.954. The molecule has 0 bridgehead atoms. The van der Waals surface area contributed by atoms with Gasteiger partial charge in [-0.3, -0.25) is 0 Å². The molecule has 10 aromatic rings. The van der Waals surface area contributed by atoms with E-state index in [4.69, 9.17) is 0 Å². The van der Waals surface area contributed by atoms with Gasteiger partial charge in [0, 0.05) is 22.5 Å². The molecular weight excluding hydrogens is 759 g/mol. The molecular formula is C62H45N. The van der Waals surface area contributed by atoms with Crippen LogP contribution in [0.25, 0.3) is 55.3 Å². The third kappa shape index (κ3) is 5.70. The minimum absolute atomic E-state index is 0.0419. The molecule has 0 N–H and O–H groups in total. The molecule has 0 fully saturated rings. The van der Waals surface area contributed by atoms with Crippen molar-refractivity contribution in [1.82, 2.24) is 0 Å². The summed E-state index contributed by atoms with van der Waals surface area (Å²) in [4.78, 5) is 2.37. The Hall–Kier alpha value is -7.74. The van der Waals surface area contributed by atoms with Crippen molar-refractivity contribution in [3.8, 4) is 44.5 Å². The molecule has 0 heterocycles. The first-order valence-electron chi connectivity index (χ1n) is 22.1. The van der Waals surface area contributed by atoms with Gasteiger partial charge in [-0.05, 0) is 131 Å². The maximum Gasteiger partial charge on any atom is 0.0713 e. The number of hydrogen-bond acceptors (Lipinski definition) is 1. The summed E-state index contributed by atoms with van der Waals surface area (Å²) in [5.41, 5.74) is 21.1. The van der Waals surface area contributed by atoms with Crippen molar-refractivity contribution in [2.24, 2.45) is 0 Å². The van der Waals surface area contributed by atoms with Crippen LogP contribution in [0, 0.1) is 0 Å². The van der Waals surface area contributed by atoms with Crippen LogP contribution in [0.2, 0.25) is 0 Å². The Kier molecular flexibility index (Phi) is 8.49. The van der Waals surface area contributed by atoms with Crippen molar-refractivity contribution in [1.29, 1.82) is 0 Å². The average Bonchev–Trinajstić information content (AvgIpc) is 3.79. The molecule has 10 aromatic carbocycles. The van der Waals surface area contributed by atoms with Gasteiger partial charge >= 0.3 is 0 Å². The summed E-state index contributed by atoms with van der Waals surface area (Å²) in [5, 5.41) is 2.51. The zero-order valence-corrected chi connectivity index (χ0v) is 35.5. The van der Waals surface area contributed by atoms with Crippen LogP contribution in [-0.2, 0) is 10.8 Å². The van der Waals surface area contributed by atoms with Gasteiger partial charge < -0.3 is 4.90 Å². The highest BCUT2D eigenvalue weighted by atomic mass is 15.1. The third-order valence-electron chi connectivity index (χ3n) is 14.0. The van der Waals surface area contributed by atoms with E-state index in [0.717, 1.165) is 17.1 Å². The molecule has 0 unspecified atom stereocenters. The maximum atomic E-state index is 2.44. The van der Waals surface area contributed by atoms with Crippen LogP contribution in [0.4, 0.5) is 17.1 Å². The molecule has 298 valence electrons. The summed E-state index contributed by atoms with van der Waals surface area (Å²) in [6.07, 6.45) is 0. The first-order chi connectivity index (χ1) is 31.0. The van der Waals surface area contributed by atoms with Gasteiger partial charge in [0.15, 0.2) is 0 Å². The lowest BCUT2D eigenvalue weighted by atomic mass is 9.65. The molecule has 0 saturated heterocycles. The lowest BCUT2D eigenvalue weighted by Crippen LogP contribution is -2.30. The molecule has 0 aromatic heterocycles. The number of anilines is 3. The Morgan fingerprint density at radius 2 is 0.746 bits per heavy atom. The van der Waals surface area contributed by atoms with Crippen molar-refractivity contribution in [2.75, 3.05) is 4.90 Å². The average molecular weight is 804 g/mol. The van der Waals surface area contributed by atoms with E-state index in [1.807, 2.05) is 0 Å². The fourth-order valence-electron chi connectivity index (χ4n) is 11.0. The lowest BCUT2D eigenvalue weighted by molar-refractivity contribution is 0.652. The van der Waals surface area contributed by atoms with E-state index >= 15 is 0 Å². The van der Waals surface area contributed by atoms with Crippen LogP contribution >= 0.6 is 0 Å². The summed E-state index contributed by atoms with van der Waals surface area (Å²) in [7, 11) is 0. The second-order valence-corrected chi connectivity index (χ2v) is 17.6. The summed E-state index contributed by atoms with van der Waals surface area (Å²) in [6.45, 7) is 4.76. The summed E-state index contributed by atoms with van der Waals surface area (Å²) in [6, 6.07) is 87.4. The normalized spacial score (nSPS) is 13.8. The zero-order chi connectivity index (χ0) is 42.1. The van der Waals surface area contributed by atoms with Gasteiger partial charge in [0.25, 0.3) is 0 Å². The molecule has 0 saturated carbocycles. The van der Waals surface area contributed by atoms with Crippen LogP contribution < -0.4 is 4.90 Å². The van der Waals surface area contributed by atoms with Gasteiger partial charge in [-0.25, -0.2) is 0 Å². The van der Waals surface area contributed by atoms with Crippen LogP contribution in [0.1, 0.15) is 47.2 Å². The monoisotopic (exact) mass is 803 g/mol. The van der Waals surface area contributed by atoms with Crippen molar-refractivity contribution < 1.29 is 0 Å². The molecule has 0 radical (unpaired) electrons. The number of nitrogens with zero attached hydrogens (tertiary/aromatic N) is 1. The first kappa shape index (κ1) is 37.1. The highest BCUT2D eigenvalue weighted by molar-refractivity contribution is 5.98. The van der Waals surface area contributed by atoms with E-state index in [1.54, 1.807) is 0 Å². The number of fused-ring (bicyclic) bond motifs is 1. The molecule has 0 atom stereocenters. The number of rotatable bonds is 8. The first-order valence-corrected chi connectivity index (χ1v) is 22.1. The highest BCUT2D eigenvalue weighted by Gasteiger charge is 2.52. The summed E-state index contributed by atoms with van der Waals surface area (Å²) < 4.78 is 0. The maximum absolute atomic E-state index is 2.44. The lowest BCUT2D eigenvalue weighted by Gasteiger charge is -2.36. The molecule has 2 aliphatic carbocycles. The zero-order valence-electron chi connectivity index (χ0n) is 35.5. The highest BCUT2D eigenvalue weighted by Crippen LogP contribution is 2.64. The summed E-state index contributed by atoms with van der Waals surface area (Å²) >= 11 is 0. The fraction of sp³-hybridized carbons (Fsp3) is 0.0645. The Labute approximate surface area is 370 Å². The summed E-state index contributed by atoms with van der Waals surface area (Å²) in [5.74, 6) is 0. The molecule has 0 aliphatic heterocycles. The van der Waals surface area contributed by atoms with Crippen LogP contribution in [0.5, 0.6) is 0 Å². The van der Waals surface area contributed by atoms with Gasteiger partial charge in [0.1, 0.15) is 0 Å². The Bertz CT molecular complexity index is 3260. The predicted molar refractivity (Wildman–Crippen MR) is 264 cm³/mol. The largest absolute Gasteiger partial charge is 0.311 e. The minimum Gasteiger partial charge on any atom is -0.311 e. The van der Waals surface area contributed by atoms with Crippen molar-refractivity contribution in [3.63, 3.8) is 0 Å². The second-order valence-electron chi connectivity index (χ2n) is 17.6. The van der Waals surface area contributed by atoms with Gasteiger partial charge in [-0.15, -0.1) is 0 Å².